The summed E-state index contributed by atoms with van der Waals surface area (Å²) in [6, 6.07) is 21.1. The lowest BCUT2D eigenvalue weighted by Gasteiger charge is -2.32. The van der Waals surface area contributed by atoms with Gasteiger partial charge in [-0.1, -0.05) is 101 Å². The zero-order valence-corrected chi connectivity index (χ0v) is 31.9. The van der Waals surface area contributed by atoms with E-state index in [2.05, 4.69) is 37.2 Å². The van der Waals surface area contributed by atoms with Gasteiger partial charge in [-0.2, -0.15) is 12.6 Å². The number of fused-ring (bicyclic) bond motifs is 1. The number of nitrogens with one attached hydrogen (secondary N) is 2. The molecule has 1 aliphatic rings. The lowest BCUT2D eigenvalue weighted by atomic mass is 10.0. The predicted molar refractivity (Wildman–Crippen MR) is 209 cm³/mol. The van der Waals surface area contributed by atoms with Crippen molar-refractivity contribution in [1.82, 2.24) is 20.7 Å². The summed E-state index contributed by atoms with van der Waals surface area (Å²) in [5.74, 6) is -0.620. The van der Waals surface area contributed by atoms with E-state index in [1.165, 1.54) is 9.91 Å². The van der Waals surface area contributed by atoms with Crippen LogP contribution in [0.3, 0.4) is 0 Å². The highest BCUT2D eigenvalue weighted by Gasteiger charge is 2.35. The first-order chi connectivity index (χ1) is 24.9. The van der Waals surface area contributed by atoms with Gasteiger partial charge in [-0.15, -0.1) is 0 Å². The minimum Gasteiger partial charge on any atom is -0.445 e. The van der Waals surface area contributed by atoms with Crippen molar-refractivity contribution in [2.45, 2.75) is 90.7 Å². The normalized spacial score (nSPS) is 15.1. The van der Waals surface area contributed by atoms with Crippen LogP contribution >= 0.6 is 12.6 Å². The van der Waals surface area contributed by atoms with Crippen molar-refractivity contribution >= 4 is 52.9 Å². The molecule has 1 aliphatic heterocycles. The monoisotopic (exact) mass is 730 g/mol. The molecular weight excluding hydrogens is 677 g/mol. The minimum absolute atomic E-state index is 0.00209. The number of carbonyl (C=O) groups excluding carboxylic acids is 4. The Bertz CT molecular complexity index is 1690. The molecule has 0 fully saturated rings. The highest BCUT2D eigenvalue weighted by Crippen LogP contribution is 2.34. The molecule has 4 amide bonds. The lowest BCUT2D eigenvalue weighted by Crippen LogP contribution is -2.56. The van der Waals surface area contributed by atoms with Crippen LogP contribution in [-0.4, -0.2) is 64.3 Å². The molecule has 3 aromatic rings. The van der Waals surface area contributed by atoms with Gasteiger partial charge >= 0.3 is 6.09 Å². The van der Waals surface area contributed by atoms with E-state index >= 15 is 0 Å². The third-order valence-electron chi connectivity index (χ3n) is 9.11. The molecule has 0 spiro atoms. The molecule has 11 nitrogen and oxygen atoms in total. The third-order valence-corrected chi connectivity index (χ3v) is 9.55. The van der Waals surface area contributed by atoms with Gasteiger partial charge in [0, 0.05) is 41.9 Å². The highest BCUT2D eigenvalue weighted by atomic mass is 32.1. The van der Waals surface area contributed by atoms with Crippen molar-refractivity contribution < 1.29 is 23.9 Å². The zero-order chi connectivity index (χ0) is 37.8. The van der Waals surface area contributed by atoms with Crippen LogP contribution in [0.5, 0.6) is 0 Å². The Morgan fingerprint density at radius 3 is 2.33 bits per heavy atom. The Morgan fingerprint density at radius 2 is 1.63 bits per heavy atom. The van der Waals surface area contributed by atoms with Gasteiger partial charge < -0.3 is 20.7 Å². The van der Waals surface area contributed by atoms with E-state index in [4.69, 9.17) is 10.5 Å². The molecule has 0 aliphatic carbocycles. The standard InChI is InChI=1S/C40H54N6O5S/c1-6-28(4)23-46(43-37(47)22-33(52)20-19-27(2)3)39(49)35(42-40(50)51-25-30-13-8-7-9-14-30)21-32-24-44(38(48)29(5)41)26-45(32)36-18-12-16-31-15-10-11-17-34(31)36/h7-18,24,27-29,33,35,52H,6,19-23,25-26,41H2,1-5H3,(H,42,50)(H,43,47)/t28?,29-,33-,35-/m0/s1. The fourth-order valence-electron chi connectivity index (χ4n) is 5.94. The number of nitrogens with zero attached hydrogens (tertiary/aromatic N) is 3. The molecule has 1 heterocycles. The number of hydrogen-bond acceptors (Lipinski definition) is 8. The third kappa shape index (κ3) is 11.5. The smallest absolute Gasteiger partial charge is 0.408 e. The average Bonchev–Trinajstić information content (AvgIpc) is 3.55. The van der Waals surface area contributed by atoms with Crippen molar-refractivity contribution in [2.75, 3.05) is 18.1 Å². The van der Waals surface area contributed by atoms with Crippen LogP contribution in [0.1, 0.15) is 72.3 Å². The summed E-state index contributed by atoms with van der Waals surface area (Å²) in [4.78, 5) is 58.0. The number of thiol groups is 1. The van der Waals surface area contributed by atoms with E-state index in [0.29, 0.717) is 11.6 Å². The maximum Gasteiger partial charge on any atom is 0.408 e. The number of hydrogen-bond donors (Lipinski definition) is 4. The first-order valence-corrected chi connectivity index (χ1v) is 18.7. The van der Waals surface area contributed by atoms with Gasteiger partial charge in [-0.25, -0.2) is 4.79 Å². The Morgan fingerprint density at radius 1 is 0.942 bits per heavy atom. The first-order valence-electron chi connectivity index (χ1n) is 18.1. The van der Waals surface area contributed by atoms with Gasteiger partial charge in [-0.05, 0) is 48.6 Å². The summed E-state index contributed by atoms with van der Waals surface area (Å²) in [5.41, 5.74) is 11.1. The molecule has 52 heavy (non-hydrogen) atoms. The highest BCUT2D eigenvalue weighted by molar-refractivity contribution is 7.81. The molecule has 4 atom stereocenters. The lowest BCUT2D eigenvalue weighted by molar-refractivity contribution is -0.143. The number of benzene rings is 3. The Balaban J connectivity index is 1.68. The van der Waals surface area contributed by atoms with Crippen LogP contribution in [0.15, 0.2) is 84.7 Å². The van der Waals surface area contributed by atoms with Crippen LogP contribution < -0.4 is 21.4 Å². The van der Waals surface area contributed by atoms with Gasteiger partial charge in [0.1, 0.15) is 19.3 Å². The number of alkyl carbamates (subject to hydrolysis) is 1. The van der Waals surface area contributed by atoms with Gasteiger partial charge in [0.2, 0.25) is 11.8 Å². The van der Waals surface area contributed by atoms with E-state index in [0.717, 1.165) is 41.3 Å². The van der Waals surface area contributed by atoms with Crippen LogP contribution in [0.25, 0.3) is 10.8 Å². The summed E-state index contributed by atoms with van der Waals surface area (Å²) >= 11 is 4.64. The van der Waals surface area contributed by atoms with Crippen molar-refractivity contribution in [3.8, 4) is 0 Å². The number of hydrazine groups is 1. The van der Waals surface area contributed by atoms with Gasteiger partial charge in [0.05, 0.1) is 11.7 Å². The molecule has 0 saturated heterocycles. The second-order valence-electron chi connectivity index (χ2n) is 14.1. The van der Waals surface area contributed by atoms with Crippen molar-refractivity contribution in [2.24, 2.45) is 17.6 Å². The molecule has 4 rings (SSSR count). The summed E-state index contributed by atoms with van der Waals surface area (Å²) in [5, 5.41) is 5.89. The molecule has 12 heteroatoms. The second kappa shape index (κ2) is 19.3. The molecule has 280 valence electrons. The Labute approximate surface area is 313 Å². The number of amides is 4. The summed E-state index contributed by atoms with van der Waals surface area (Å²) in [6.07, 6.45) is 3.46. The predicted octanol–water partition coefficient (Wildman–Crippen LogP) is 6.35. The molecule has 0 saturated carbocycles. The first kappa shape index (κ1) is 40.2. The average molecular weight is 731 g/mol. The number of ether oxygens (including phenoxy) is 1. The van der Waals surface area contributed by atoms with Gasteiger partial charge in [0.25, 0.3) is 5.91 Å². The molecule has 4 N–H and O–H groups in total. The molecule has 1 unspecified atom stereocenters. The maximum absolute atomic E-state index is 14.6. The molecule has 3 aromatic carbocycles. The van der Waals surface area contributed by atoms with E-state index in [1.807, 2.05) is 91.5 Å². The molecular formula is C40H54N6O5S. The van der Waals surface area contributed by atoms with Crippen LogP contribution in [0.2, 0.25) is 0 Å². The minimum atomic E-state index is -1.17. The molecule has 0 bridgehead atoms. The van der Waals surface area contributed by atoms with Crippen LogP contribution in [0, 0.1) is 11.8 Å². The van der Waals surface area contributed by atoms with Crippen molar-refractivity contribution in [1.29, 1.82) is 0 Å². The van der Waals surface area contributed by atoms with Gasteiger partial charge in [0.15, 0.2) is 0 Å². The topological polar surface area (TPSA) is 137 Å². The fourth-order valence-corrected chi connectivity index (χ4v) is 6.25. The second-order valence-corrected chi connectivity index (χ2v) is 14.8. The Hall–Kier alpha value is -4.55. The van der Waals surface area contributed by atoms with Crippen LogP contribution in [0.4, 0.5) is 10.5 Å². The van der Waals surface area contributed by atoms with Gasteiger partial charge in [-0.3, -0.25) is 29.7 Å². The molecule has 0 radical (unpaired) electrons. The van der Waals surface area contributed by atoms with E-state index in [-0.39, 0.29) is 55.6 Å². The fraction of sp³-hybridized carbons (Fsp3) is 0.450. The van der Waals surface area contributed by atoms with Crippen molar-refractivity contribution in [3.63, 3.8) is 0 Å². The zero-order valence-electron chi connectivity index (χ0n) is 31.0. The number of anilines is 1. The van der Waals surface area contributed by atoms with E-state index in [1.54, 1.807) is 13.1 Å². The molecule has 0 aromatic heterocycles. The van der Waals surface area contributed by atoms with Crippen molar-refractivity contribution in [3.05, 3.63) is 90.3 Å². The number of nitrogens with two attached hydrogens (primary N) is 1. The SMILES string of the molecule is CCC(C)CN(NC(=O)C[C@@H](S)CCC(C)C)C(=O)[C@H](CC1=CN(C(=O)[C@H](C)N)CN1c1cccc2ccccc12)NC(=O)OCc1ccccc1. The summed E-state index contributed by atoms with van der Waals surface area (Å²) < 4.78 is 5.56. The maximum atomic E-state index is 14.6. The number of carbonyl (C=O) groups is 4. The van der Waals surface area contributed by atoms with E-state index in [9.17, 15) is 19.2 Å². The van der Waals surface area contributed by atoms with E-state index < -0.39 is 24.1 Å². The van der Waals surface area contributed by atoms with Crippen LogP contribution in [-0.2, 0) is 25.7 Å². The number of rotatable bonds is 16. The quantitative estimate of drug-likeness (QED) is 0.0996. The Kier molecular flexibility index (Phi) is 15.0. The summed E-state index contributed by atoms with van der Waals surface area (Å²) in [6.45, 7) is 10.3. The summed E-state index contributed by atoms with van der Waals surface area (Å²) in [7, 11) is 0. The largest absolute Gasteiger partial charge is 0.445 e.